The zero-order valence-electron chi connectivity index (χ0n) is 9.88. The number of benzene rings is 2. The van der Waals surface area contributed by atoms with Crippen molar-refractivity contribution in [2.24, 2.45) is 0 Å². The summed E-state index contributed by atoms with van der Waals surface area (Å²) in [6, 6.07) is 15.6. The number of nitrogens with zero attached hydrogens (tertiary/aromatic N) is 1. The number of fused-ring (bicyclic) bond motifs is 3. The molecule has 1 atom stereocenters. The second-order valence-corrected chi connectivity index (χ2v) is 4.05. The predicted molar refractivity (Wildman–Crippen MR) is 67.4 cm³/mol. The molecule has 1 aliphatic rings. The van der Waals surface area contributed by atoms with Crippen molar-refractivity contribution in [2.75, 3.05) is 7.11 Å². The van der Waals surface area contributed by atoms with Crippen molar-refractivity contribution in [2.45, 2.75) is 6.10 Å². The lowest BCUT2D eigenvalue weighted by atomic mass is 9.92. The van der Waals surface area contributed by atoms with E-state index in [1.165, 1.54) is 0 Å². The zero-order chi connectivity index (χ0) is 12.5. The summed E-state index contributed by atoms with van der Waals surface area (Å²) < 4.78 is 11.1. The quantitative estimate of drug-likeness (QED) is 0.764. The second kappa shape index (κ2) is 4.08. The number of rotatable bonds is 1. The van der Waals surface area contributed by atoms with Crippen molar-refractivity contribution in [1.29, 1.82) is 5.26 Å². The lowest BCUT2D eigenvalue weighted by Crippen LogP contribution is -2.12. The van der Waals surface area contributed by atoms with Crippen LogP contribution in [0.5, 0.6) is 11.5 Å². The molecule has 1 unspecified atom stereocenters. The van der Waals surface area contributed by atoms with E-state index in [1.807, 2.05) is 42.5 Å². The summed E-state index contributed by atoms with van der Waals surface area (Å²) in [7, 11) is 1.63. The molecule has 0 spiro atoms. The minimum Gasteiger partial charge on any atom is -0.496 e. The van der Waals surface area contributed by atoms with Gasteiger partial charge in [0.25, 0.3) is 0 Å². The van der Waals surface area contributed by atoms with Gasteiger partial charge in [-0.15, -0.1) is 0 Å². The molecule has 0 bridgehead atoms. The summed E-state index contributed by atoms with van der Waals surface area (Å²) in [6.07, 6.45) is -0.555. The Labute approximate surface area is 105 Å². The van der Waals surface area contributed by atoms with E-state index >= 15 is 0 Å². The summed E-state index contributed by atoms with van der Waals surface area (Å²) in [6.45, 7) is 0. The van der Waals surface area contributed by atoms with E-state index in [1.54, 1.807) is 7.11 Å². The van der Waals surface area contributed by atoms with Crippen molar-refractivity contribution >= 4 is 0 Å². The smallest absolute Gasteiger partial charge is 0.210 e. The van der Waals surface area contributed by atoms with E-state index in [2.05, 4.69) is 6.07 Å². The van der Waals surface area contributed by atoms with Crippen molar-refractivity contribution < 1.29 is 9.47 Å². The Bertz CT molecular complexity index is 643. The van der Waals surface area contributed by atoms with Crippen molar-refractivity contribution in [3.05, 3.63) is 48.0 Å². The Hall–Kier alpha value is -2.47. The fraction of sp³-hybridized carbons (Fsp3) is 0.133. The van der Waals surface area contributed by atoms with Crippen molar-refractivity contribution in [1.82, 2.24) is 0 Å². The number of hydrogen-bond acceptors (Lipinski definition) is 3. The molecule has 3 heteroatoms. The van der Waals surface area contributed by atoms with Gasteiger partial charge < -0.3 is 9.47 Å². The largest absolute Gasteiger partial charge is 0.496 e. The fourth-order valence-electron chi connectivity index (χ4n) is 2.28. The van der Waals surface area contributed by atoms with Gasteiger partial charge in [0.1, 0.15) is 17.6 Å². The maximum atomic E-state index is 9.18. The number of hydrogen-bond donors (Lipinski definition) is 0. The number of methoxy groups -OCH3 is 1. The van der Waals surface area contributed by atoms with Crippen LogP contribution in [-0.2, 0) is 0 Å². The first-order valence-corrected chi connectivity index (χ1v) is 5.67. The second-order valence-electron chi connectivity index (χ2n) is 4.05. The number of nitriles is 1. The van der Waals surface area contributed by atoms with Crippen LogP contribution in [0.1, 0.15) is 11.7 Å². The first kappa shape index (κ1) is 10.7. The number of ether oxygens (including phenoxy) is 2. The maximum absolute atomic E-state index is 9.18. The average Bonchev–Trinajstić information content (AvgIpc) is 2.45. The van der Waals surface area contributed by atoms with Crippen molar-refractivity contribution in [3.63, 3.8) is 0 Å². The fourth-order valence-corrected chi connectivity index (χ4v) is 2.28. The lowest BCUT2D eigenvalue weighted by molar-refractivity contribution is 0.257. The van der Waals surface area contributed by atoms with Crippen LogP contribution in [0.15, 0.2) is 42.5 Å². The van der Waals surface area contributed by atoms with E-state index in [0.29, 0.717) is 5.75 Å². The predicted octanol–water partition coefficient (Wildman–Crippen LogP) is 3.32. The topological polar surface area (TPSA) is 42.2 Å². The minimum atomic E-state index is -0.555. The van der Waals surface area contributed by atoms with Gasteiger partial charge in [0.2, 0.25) is 6.10 Å². The van der Waals surface area contributed by atoms with E-state index < -0.39 is 6.10 Å². The van der Waals surface area contributed by atoms with E-state index in [-0.39, 0.29) is 0 Å². The third kappa shape index (κ3) is 1.43. The van der Waals surface area contributed by atoms with E-state index in [9.17, 15) is 5.26 Å². The Kier molecular flexibility index (Phi) is 2.42. The van der Waals surface area contributed by atoms with Gasteiger partial charge in [0.15, 0.2) is 0 Å². The molecular formula is C15H11NO2. The highest BCUT2D eigenvalue weighted by atomic mass is 16.5. The normalized spacial score (nSPS) is 15.9. The molecule has 0 saturated carbocycles. The Balaban J connectivity index is 2.31. The van der Waals surface area contributed by atoms with Crippen LogP contribution in [0.2, 0.25) is 0 Å². The third-order valence-corrected chi connectivity index (χ3v) is 3.08. The molecule has 1 heterocycles. The molecule has 0 saturated heterocycles. The van der Waals surface area contributed by atoms with Gasteiger partial charge in [-0.25, -0.2) is 0 Å². The molecule has 0 radical (unpaired) electrons. The van der Waals surface area contributed by atoms with Gasteiger partial charge in [-0.2, -0.15) is 5.26 Å². The summed E-state index contributed by atoms with van der Waals surface area (Å²) in [4.78, 5) is 0. The standard InChI is InChI=1S/C15H11NO2/c1-17-12-7-4-8-13-15(12)11-6-3-2-5-10(11)14(9-16)18-13/h2-8,14H,1H3. The van der Waals surface area contributed by atoms with Gasteiger partial charge in [-0.05, 0) is 17.7 Å². The minimum absolute atomic E-state index is 0.555. The van der Waals surface area contributed by atoms with Crippen LogP contribution >= 0.6 is 0 Å². The summed E-state index contributed by atoms with van der Waals surface area (Å²) >= 11 is 0. The highest BCUT2D eigenvalue weighted by molar-refractivity contribution is 5.81. The molecular weight excluding hydrogens is 226 g/mol. The molecule has 18 heavy (non-hydrogen) atoms. The van der Waals surface area contributed by atoms with Gasteiger partial charge in [-0.1, -0.05) is 30.3 Å². The van der Waals surface area contributed by atoms with Gasteiger partial charge >= 0.3 is 0 Å². The first-order chi connectivity index (χ1) is 8.85. The molecule has 0 aliphatic carbocycles. The van der Waals surface area contributed by atoms with E-state index in [0.717, 1.165) is 22.4 Å². The Morgan fingerprint density at radius 3 is 2.78 bits per heavy atom. The Morgan fingerprint density at radius 1 is 1.17 bits per heavy atom. The summed E-state index contributed by atoms with van der Waals surface area (Å²) in [5, 5.41) is 9.18. The van der Waals surface area contributed by atoms with Crippen LogP contribution < -0.4 is 9.47 Å². The van der Waals surface area contributed by atoms with Gasteiger partial charge in [0.05, 0.1) is 12.7 Å². The van der Waals surface area contributed by atoms with Crippen LogP contribution in [0, 0.1) is 11.3 Å². The van der Waals surface area contributed by atoms with Crippen molar-refractivity contribution in [3.8, 4) is 28.7 Å². The molecule has 2 aromatic carbocycles. The molecule has 0 N–H and O–H groups in total. The summed E-state index contributed by atoms with van der Waals surface area (Å²) in [5.41, 5.74) is 2.81. The molecule has 0 amide bonds. The zero-order valence-corrected chi connectivity index (χ0v) is 9.88. The highest BCUT2D eigenvalue weighted by Crippen LogP contribution is 2.46. The third-order valence-electron chi connectivity index (χ3n) is 3.08. The molecule has 1 aliphatic heterocycles. The SMILES string of the molecule is COc1cccc2c1-c1ccccc1C(C#N)O2. The highest BCUT2D eigenvalue weighted by Gasteiger charge is 2.27. The summed E-state index contributed by atoms with van der Waals surface area (Å²) in [5.74, 6) is 1.45. The molecule has 0 aromatic heterocycles. The van der Waals surface area contributed by atoms with Crippen LogP contribution in [-0.4, -0.2) is 7.11 Å². The monoisotopic (exact) mass is 237 g/mol. The molecule has 2 aromatic rings. The van der Waals surface area contributed by atoms with Gasteiger partial charge in [0, 0.05) is 5.56 Å². The Morgan fingerprint density at radius 2 is 2.00 bits per heavy atom. The van der Waals surface area contributed by atoms with Crippen LogP contribution in [0.4, 0.5) is 0 Å². The van der Waals surface area contributed by atoms with Crippen LogP contribution in [0.3, 0.4) is 0 Å². The van der Waals surface area contributed by atoms with E-state index in [4.69, 9.17) is 9.47 Å². The average molecular weight is 237 g/mol. The molecule has 3 nitrogen and oxygen atoms in total. The lowest BCUT2D eigenvalue weighted by Gasteiger charge is -2.25. The first-order valence-electron chi connectivity index (χ1n) is 5.67. The molecule has 88 valence electrons. The van der Waals surface area contributed by atoms with Gasteiger partial charge in [-0.3, -0.25) is 0 Å². The molecule has 3 rings (SSSR count). The molecule has 0 fully saturated rings. The van der Waals surface area contributed by atoms with Crippen LogP contribution in [0.25, 0.3) is 11.1 Å². The maximum Gasteiger partial charge on any atom is 0.210 e.